The summed E-state index contributed by atoms with van der Waals surface area (Å²) in [7, 11) is 0. The minimum atomic E-state index is -1.09. The van der Waals surface area contributed by atoms with E-state index in [-0.39, 0.29) is 11.9 Å². The summed E-state index contributed by atoms with van der Waals surface area (Å²) in [6.07, 6.45) is 3.39. The average Bonchev–Trinajstić information content (AvgIpc) is 2.31. The number of carbonyl (C=O) groups excluding carboxylic acids is 1. The van der Waals surface area contributed by atoms with Gasteiger partial charge in [0, 0.05) is 19.1 Å². The van der Waals surface area contributed by atoms with Crippen LogP contribution in [0.1, 0.15) is 59.8 Å². The number of carbonyl (C=O) groups is 1. The van der Waals surface area contributed by atoms with Gasteiger partial charge in [-0.25, -0.2) is 0 Å². The molecule has 0 radical (unpaired) electrons. The van der Waals surface area contributed by atoms with Crippen LogP contribution < -0.4 is 0 Å². The van der Waals surface area contributed by atoms with Gasteiger partial charge in [-0.05, 0) is 38.0 Å². The van der Waals surface area contributed by atoms with Gasteiger partial charge in [-0.3, -0.25) is 9.69 Å². The van der Waals surface area contributed by atoms with Gasteiger partial charge in [-0.2, -0.15) is 0 Å². The van der Waals surface area contributed by atoms with Crippen molar-refractivity contribution < 1.29 is 14.6 Å². The molecule has 4 heteroatoms. The second-order valence-corrected chi connectivity index (χ2v) is 5.83. The molecule has 1 atom stereocenters. The van der Waals surface area contributed by atoms with Crippen molar-refractivity contribution in [1.29, 1.82) is 0 Å². The van der Waals surface area contributed by atoms with E-state index in [0.29, 0.717) is 18.4 Å². The number of aliphatic hydroxyl groups excluding tert-OH is 1. The molecule has 1 saturated carbocycles. The van der Waals surface area contributed by atoms with Crippen molar-refractivity contribution in [1.82, 2.24) is 4.90 Å². The third-order valence-corrected chi connectivity index (χ3v) is 3.85. The maximum Gasteiger partial charge on any atom is 0.240 e. The molecular weight excluding hydrogens is 230 g/mol. The molecule has 4 nitrogen and oxygen atoms in total. The Morgan fingerprint density at radius 2 is 1.94 bits per heavy atom. The van der Waals surface area contributed by atoms with E-state index in [1.165, 1.54) is 0 Å². The summed E-state index contributed by atoms with van der Waals surface area (Å²) in [4.78, 5) is 13.5. The standard InChI is InChI=1S/C14H27NO3/c1-5-12(16)15(13(17)18-6-2)11-7-9-14(3,4)10-8-11/h11,13,17H,5-10H2,1-4H3. The molecular formula is C14H27NO3. The van der Waals surface area contributed by atoms with Crippen molar-refractivity contribution >= 4 is 5.91 Å². The maximum atomic E-state index is 12.0. The van der Waals surface area contributed by atoms with Gasteiger partial charge in [0.2, 0.25) is 12.3 Å². The molecule has 0 spiro atoms. The normalized spacial score (nSPS) is 21.6. The van der Waals surface area contributed by atoms with E-state index >= 15 is 0 Å². The number of hydrogen-bond donors (Lipinski definition) is 1. The first-order valence-corrected chi connectivity index (χ1v) is 7.02. The van der Waals surface area contributed by atoms with E-state index < -0.39 is 6.41 Å². The summed E-state index contributed by atoms with van der Waals surface area (Å²) in [6.45, 7) is 8.57. The molecule has 0 bridgehead atoms. The molecule has 1 fully saturated rings. The lowest BCUT2D eigenvalue weighted by atomic mass is 9.75. The van der Waals surface area contributed by atoms with Crippen LogP contribution in [-0.4, -0.2) is 35.0 Å². The van der Waals surface area contributed by atoms with Crippen molar-refractivity contribution in [3.05, 3.63) is 0 Å². The van der Waals surface area contributed by atoms with Crippen LogP contribution in [0.5, 0.6) is 0 Å². The highest BCUT2D eigenvalue weighted by atomic mass is 16.6. The maximum absolute atomic E-state index is 12.0. The van der Waals surface area contributed by atoms with Crippen molar-refractivity contribution in [2.24, 2.45) is 5.41 Å². The van der Waals surface area contributed by atoms with E-state index in [0.717, 1.165) is 25.7 Å². The van der Waals surface area contributed by atoms with E-state index in [4.69, 9.17) is 4.74 Å². The summed E-state index contributed by atoms with van der Waals surface area (Å²) >= 11 is 0. The summed E-state index contributed by atoms with van der Waals surface area (Å²) in [5.41, 5.74) is 0.355. The molecule has 0 aromatic carbocycles. The van der Waals surface area contributed by atoms with Crippen LogP contribution in [0.25, 0.3) is 0 Å². The van der Waals surface area contributed by atoms with Gasteiger partial charge in [0.25, 0.3) is 0 Å². The predicted molar refractivity (Wildman–Crippen MR) is 70.8 cm³/mol. The van der Waals surface area contributed by atoms with Gasteiger partial charge in [0.1, 0.15) is 0 Å². The van der Waals surface area contributed by atoms with Crippen molar-refractivity contribution in [2.75, 3.05) is 6.61 Å². The number of hydrogen-bond acceptors (Lipinski definition) is 3. The van der Waals surface area contributed by atoms with E-state index in [2.05, 4.69) is 13.8 Å². The van der Waals surface area contributed by atoms with Gasteiger partial charge < -0.3 is 9.84 Å². The monoisotopic (exact) mass is 257 g/mol. The zero-order valence-corrected chi connectivity index (χ0v) is 12.1. The molecule has 18 heavy (non-hydrogen) atoms. The van der Waals surface area contributed by atoms with Crippen LogP contribution in [-0.2, 0) is 9.53 Å². The van der Waals surface area contributed by atoms with E-state index in [9.17, 15) is 9.90 Å². The lowest BCUT2D eigenvalue weighted by molar-refractivity contribution is -0.210. The second kappa shape index (κ2) is 6.53. The smallest absolute Gasteiger partial charge is 0.240 e. The van der Waals surface area contributed by atoms with Gasteiger partial charge in [0.05, 0.1) is 0 Å². The molecule has 1 N–H and O–H groups in total. The minimum absolute atomic E-state index is 0.0272. The first kappa shape index (κ1) is 15.4. The molecule has 0 aromatic rings. The molecule has 1 rings (SSSR count). The largest absolute Gasteiger partial charge is 0.351 e. The van der Waals surface area contributed by atoms with Crippen molar-refractivity contribution in [2.45, 2.75) is 72.3 Å². The SMILES string of the molecule is CCOC(O)N(C(=O)CC)C1CCC(C)(C)CC1. The molecule has 0 saturated heterocycles. The number of nitrogens with zero attached hydrogens (tertiary/aromatic N) is 1. The summed E-state index contributed by atoms with van der Waals surface area (Å²) < 4.78 is 5.19. The van der Waals surface area contributed by atoms with Crippen LogP contribution in [0.3, 0.4) is 0 Å². The Hall–Kier alpha value is -0.610. The number of amides is 1. The zero-order valence-electron chi connectivity index (χ0n) is 12.1. The Balaban J connectivity index is 2.69. The number of aliphatic hydroxyl groups is 1. The molecule has 1 amide bonds. The minimum Gasteiger partial charge on any atom is -0.351 e. The van der Waals surface area contributed by atoms with Gasteiger partial charge in [0.15, 0.2) is 0 Å². The van der Waals surface area contributed by atoms with Crippen LogP contribution in [0, 0.1) is 5.41 Å². The lowest BCUT2D eigenvalue weighted by Crippen LogP contribution is -2.50. The highest BCUT2D eigenvalue weighted by Gasteiger charge is 2.34. The van der Waals surface area contributed by atoms with Gasteiger partial charge in [-0.1, -0.05) is 20.8 Å². The molecule has 0 heterocycles. The summed E-state index contributed by atoms with van der Waals surface area (Å²) in [5.74, 6) is -0.0272. The second-order valence-electron chi connectivity index (χ2n) is 5.83. The summed E-state index contributed by atoms with van der Waals surface area (Å²) in [5, 5.41) is 9.98. The Labute approximate surface area is 110 Å². The predicted octanol–water partition coefficient (Wildman–Crippen LogP) is 2.51. The molecule has 1 aliphatic carbocycles. The highest BCUT2D eigenvalue weighted by molar-refractivity contribution is 5.76. The third-order valence-electron chi connectivity index (χ3n) is 3.85. The lowest BCUT2D eigenvalue weighted by Gasteiger charge is -2.41. The quantitative estimate of drug-likeness (QED) is 0.770. The van der Waals surface area contributed by atoms with Gasteiger partial charge >= 0.3 is 0 Å². The van der Waals surface area contributed by atoms with Crippen LogP contribution in [0.4, 0.5) is 0 Å². The fraction of sp³-hybridized carbons (Fsp3) is 0.929. The zero-order chi connectivity index (χ0) is 13.8. The van der Waals surface area contributed by atoms with Crippen LogP contribution >= 0.6 is 0 Å². The van der Waals surface area contributed by atoms with Crippen molar-refractivity contribution in [3.63, 3.8) is 0 Å². The third kappa shape index (κ3) is 3.95. The Morgan fingerprint density at radius 3 is 2.39 bits per heavy atom. The Kier molecular flexibility index (Phi) is 5.60. The fourth-order valence-electron chi connectivity index (χ4n) is 2.58. The molecule has 1 aliphatic rings. The van der Waals surface area contributed by atoms with Gasteiger partial charge in [-0.15, -0.1) is 0 Å². The van der Waals surface area contributed by atoms with Crippen molar-refractivity contribution in [3.8, 4) is 0 Å². The highest BCUT2D eigenvalue weighted by Crippen LogP contribution is 2.37. The van der Waals surface area contributed by atoms with E-state index in [1.54, 1.807) is 4.90 Å². The average molecular weight is 257 g/mol. The van der Waals surface area contributed by atoms with Crippen LogP contribution in [0.15, 0.2) is 0 Å². The topological polar surface area (TPSA) is 49.8 Å². The first-order valence-electron chi connectivity index (χ1n) is 7.02. The Bertz CT molecular complexity index is 268. The Morgan fingerprint density at radius 1 is 1.39 bits per heavy atom. The first-order chi connectivity index (χ1) is 8.41. The van der Waals surface area contributed by atoms with E-state index in [1.807, 2.05) is 13.8 Å². The molecule has 0 aromatic heterocycles. The summed E-state index contributed by atoms with van der Waals surface area (Å²) in [6, 6.07) is 0.118. The molecule has 0 aliphatic heterocycles. The number of ether oxygens (including phenoxy) is 1. The fourth-order valence-corrected chi connectivity index (χ4v) is 2.58. The van der Waals surface area contributed by atoms with Crippen LogP contribution in [0.2, 0.25) is 0 Å². The number of rotatable bonds is 5. The molecule has 1 unspecified atom stereocenters. The molecule has 106 valence electrons.